The first kappa shape index (κ1) is 21.8. The number of nitrogens with zero attached hydrogens (tertiary/aromatic N) is 3. The molecule has 0 saturated carbocycles. The maximum absolute atomic E-state index is 9.53. The summed E-state index contributed by atoms with van der Waals surface area (Å²) >= 11 is 0. The molecule has 0 bridgehead atoms. The number of aryl methyl sites for hydroxylation is 1. The molecule has 0 aliphatic carbocycles. The minimum absolute atomic E-state index is 0.562. The van der Waals surface area contributed by atoms with Crippen molar-refractivity contribution in [3.05, 3.63) is 102 Å². The van der Waals surface area contributed by atoms with Crippen LogP contribution in [0.5, 0.6) is 0 Å². The molecule has 7 aromatic rings. The molecule has 2 aromatic heterocycles. The van der Waals surface area contributed by atoms with Crippen molar-refractivity contribution in [2.75, 3.05) is 17.2 Å². The molecule has 2 heterocycles. The van der Waals surface area contributed by atoms with E-state index in [-0.39, 0.29) is 0 Å². The van der Waals surface area contributed by atoms with Crippen LogP contribution in [0.25, 0.3) is 55.0 Å². The molecule has 0 unspecified atom stereocenters. The molecule has 0 fully saturated rings. The largest absolute Gasteiger partial charge is 0.399 e. The number of nitrogen functional groups attached to an aromatic ring is 3. The summed E-state index contributed by atoms with van der Waals surface area (Å²) in [5.41, 5.74) is 28.3. The van der Waals surface area contributed by atoms with Crippen molar-refractivity contribution in [3.8, 4) is 17.4 Å². The Morgan fingerprint density at radius 1 is 0.579 bits per heavy atom. The van der Waals surface area contributed by atoms with E-state index in [9.17, 15) is 5.26 Å². The van der Waals surface area contributed by atoms with Crippen LogP contribution in [0.3, 0.4) is 0 Å². The summed E-state index contributed by atoms with van der Waals surface area (Å²) in [4.78, 5) is 0. The van der Waals surface area contributed by atoms with E-state index in [4.69, 9.17) is 17.2 Å². The molecular weight excluding hydrogens is 468 g/mol. The first-order valence-electron chi connectivity index (χ1n) is 12.4. The lowest BCUT2D eigenvalue weighted by Crippen LogP contribution is -2.02. The molecule has 0 saturated heterocycles. The number of anilines is 3. The first-order chi connectivity index (χ1) is 18.5. The molecule has 0 spiro atoms. The second-order valence-electron chi connectivity index (χ2n) is 9.75. The monoisotopic (exact) mass is 492 g/mol. The van der Waals surface area contributed by atoms with Crippen LogP contribution in [0.15, 0.2) is 91.0 Å². The second-order valence-corrected chi connectivity index (χ2v) is 9.75. The number of aromatic nitrogens is 2. The maximum atomic E-state index is 9.53. The van der Waals surface area contributed by atoms with E-state index in [2.05, 4.69) is 63.7 Å². The number of nitrogens with two attached hydrogens (primary N) is 3. The highest BCUT2D eigenvalue weighted by Gasteiger charge is 2.20. The van der Waals surface area contributed by atoms with Gasteiger partial charge in [0.2, 0.25) is 0 Å². The normalized spacial score (nSPS) is 11.6. The fourth-order valence-electron chi connectivity index (χ4n) is 5.75. The average molecular weight is 493 g/mol. The van der Waals surface area contributed by atoms with Crippen LogP contribution in [0.2, 0.25) is 0 Å². The van der Waals surface area contributed by atoms with Crippen LogP contribution in [0.1, 0.15) is 11.1 Å². The van der Waals surface area contributed by atoms with Crippen molar-refractivity contribution in [1.82, 2.24) is 9.13 Å². The number of rotatable bonds is 2. The van der Waals surface area contributed by atoms with Crippen LogP contribution in [-0.2, 0) is 0 Å². The summed E-state index contributed by atoms with van der Waals surface area (Å²) in [7, 11) is 0. The van der Waals surface area contributed by atoms with Gasteiger partial charge < -0.3 is 26.3 Å². The molecule has 6 N–H and O–H groups in total. The maximum Gasteiger partial charge on any atom is 0.0995 e. The third kappa shape index (κ3) is 2.93. The summed E-state index contributed by atoms with van der Waals surface area (Å²) in [6.07, 6.45) is 0. The van der Waals surface area contributed by atoms with Gasteiger partial charge >= 0.3 is 0 Å². The zero-order chi connectivity index (χ0) is 26.1. The number of hydrogen-bond acceptors (Lipinski definition) is 4. The van der Waals surface area contributed by atoms with Crippen LogP contribution in [0, 0.1) is 18.3 Å². The molecule has 5 aromatic carbocycles. The number of nitriles is 1. The Bertz CT molecular complexity index is 2140. The topological polar surface area (TPSA) is 112 Å². The predicted octanol–water partition coefficient (Wildman–Crippen LogP) is 6.81. The lowest BCUT2D eigenvalue weighted by molar-refractivity contribution is 1.17. The van der Waals surface area contributed by atoms with Gasteiger partial charge in [-0.25, -0.2) is 0 Å². The fourth-order valence-corrected chi connectivity index (χ4v) is 5.75. The van der Waals surface area contributed by atoms with Gasteiger partial charge in [-0.2, -0.15) is 5.26 Å². The van der Waals surface area contributed by atoms with Crippen molar-refractivity contribution in [1.29, 1.82) is 5.26 Å². The summed E-state index contributed by atoms with van der Waals surface area (Å²) < 4.78 is 4.42. The molecule has 0 radical (unpaired) electrons. The fraction of sp³-hybridized carbons (Fsp3) is 0.0312. The Morgan fingerprint density at radius 2 is 1.13 bits per heavy atom. The van der Waals surface area contributed by atoms with Crippen molar-refractivity contribution >= 4 is 60.7 Å². The Hall–Kier alpha value is -5.41. The van der Waals surface area contributed by atoms with Crippen molar-refractivity contribution < 1.29 is 0 Å². The molecule has 0 atom stereocenters. The third-order valence-corrected chi connectivity index (χ3v) is 7.49. The van der Waals surface area contributed by atoms with Crippen LogP contribution < -0.4 is 17.2 Å². The van der Waals surface area contributed by atoms with Gasteiger partial charge in [0.15, 0.2) is 0 Å². The van der Waals surface area contributed by atoms with Crippen molar-refractivity contribution in [2.24, 2.45) is 0 Å². The molecule has 0 amide bonds. The lowest BCUT2D eigenvalue weighted by Gasteiger charge is -2.13. The van der Waals surface area contributed by atoms with Gasteiger partial charge in [-0.15, -0.1) is 0 Å². The van der Waals surface area contributed by atoms with Crippen LogP contribution in [-0.4, -0.2) is 9.13 Å². The average Bonchev–Trinajstić information content (AvgIpc) is 3.41. The molecule has 6 heteroatoms. The summed E-state index contributed by atoms with van der Waals surface area (Å²) in [6.45, 7) is 1.94. The Kier molecular flexibility index (Phi) is 4.48. The summed E-state index contributed by atoms with van der Waals surface area (Å²) in [5.74, 6) is 0. The SMILES string of the molecule is Cc1cc(-n2c3ccccc3c3cc4c(cc32)c2ccccc2n4-c2ccc(N)cc2N)c(N)cc1C#N. The molecule has 0 aliphatic heterocycles. The zero-order valence-electron chi connectivity index (χ0n) is 20.7. The van der Waals surface area contributed by atoms with E-state index in [1.54, 1.807) is 12.1 Å². The molecular formula is C32H24N6. The van der Waals surface area contributed by atoms with Crippen molar-refractivity contribution in [3.63, 3.8) is 0 Å². The van der Waals surface area contributed by atoms with E-state index < -0.39 is 0 Å². The molecule has 6 nitrogen and oxygen atoms in total. The van der Waals surface area contributed by atoms with E-state index in [1.807, 2.05) is 37.3 Å². The predicted molar refractivity (Wildman–Crippen MR) is 158 cm³/mol. The standard InChI is InChI=1S/C32H24N6/c1-18-12-32(25(35)13-19(18)17-33)38-28-9-5-3-7-22(28)24-15-30-23(16-31(24)38)21-6-2-4-8-27(21)37(30)29-11-10-20(34)14-26(29)36/h2-16H,34-36H2,1H3. The van der Waals surface area contributed by atoms with E-state index in [1.165, 1.54) is 0 Å². The summed E-state index contributed by atoms with van der Waals surface area (Å²) in [6, 6.07) is 32.8. The van der Waals surface area contributed by atoms with Gasteiger partial charge in [0.1, 0.15) is 0 Å². The van der Waals surface area contributed by atoms with Crippen LogP contribution >= 0.6 is 0 Å². The number of benzene rings is 5. The van der Waals surface area contributed by atoms with Gasteiger partial charge in [0, 0.05) is 27.2 Å². The van der Waals surface area contributed by atoms with E-state index in [0.29, 0.717) is 22.6 Å². The second kappa shape index (κ2) is 7.79. The molecule has 7 rings (SSSR count). The lowest BCUT2D eigenvalue weighted by atomic mass is 10.1. The number of hydrogen-bond donors (Lipinski definition) is 3. The molecule has 182 valence electrons. The van der Waals surface area contributed by atoms with E-state index in [0.717, 1.165) is 60.5 Å². The van der Waals surface area contributed by atoms with Gasteiger partial charge in [-0.3, -0.25) is 0 Å². The van der Waals surface area contributed by atoms with Crippen LogP contribution in [0.4, 0.5) is 17.1 Å². The molecule has 0 aliphatic rings. The minimum atomic E-state index is 0.562. The van der Waals surface area contributed by atoms with Gasteiger partial charge in [0.05, 0.1) is 56.4 Å². The Balaban J connectivity index is 1.66. The van der Waals surface area contributed by atoms with Gasteiger partial charge in [-0.05, 0) is 67.1 Å². The first-order valence-corrected chi connectivity index (χ1v) is 12.4. The zero-order valence-corrected chi connectivity index (χ0v) is 20.7. The molecule has 38 heavy (non-hydrogen) atoms. The highest BCUT2D eigenvalue weighted by atomic mass is 15.0. The highest BCUT2D eigenvalue weighted by molar-refractivity contribution is 6.19. The smallest absolute Gasteiger partial charge is 0.0995 e. The number of para-hydroxylation sites is 2. The van der Waals surface area contributed by atoms with Gasteiger partial charge in [-0.1, -0.05) is 36.4 Å². The quantitative estimate of drug-likeness (QED) is 0.230. The Morgan fingerprint density at radius 3 is 1.71 bits per heavy atom. The van der Waals surface area contributed by atoms with E-state index >= 15 is 0 Å². The highest BCUT2D eigenvalue weighted by Crippen LogP contribution is 2.41. The Labute approximate surface area is 218 Å². The third-order valence-electron chi connectivity index (χ3n) is 7.49. The van der Waals surface area contributed by atoms with Gasteiger partial charge in [0.25, 0.3) is 0 Å². The number of fused-ring (bicyclic) bond motifs is 6. The minimum Gasteiger partial charge on any atom is -0.399 e. The summed E-state index contributed by atoms with van der Waals surface area (Å²) in [5, 5.41) is 14.0. The van der Waals surface area contributed by atoms with Crippen molar-refractivity contribution in [2.45, 2.75) is 6.92 Å².